The Balaban J connectivity index is 1.33. The predicted molar refractivity (Wildman–Crippen MR) is 122 cm³/mol. The SMILES string of the molecule is CC(=O)[C@@H]1CC[C@@H]2[C@@H]3CC[C@@H]4C[C@H](OC(=O)c5ccccc5)CC[C@]4(C)[C@H]3C(=O)C[C@@]21C. The van der Waals surface area contributed by atoms with E-state index in [1.165, 1.54) is 0 Å². The fraction of sp³-hybridized carbons (Fsp3) is 0.679. The van der Waals surface area contributed by atoms with Gasteiger partial charge in [-0.25, -0.2) is 4.79 Å². The van der Waals surface area contributed by atoms with Gasteiger partial charge in [-0.2, -0.15) is 0 Å². The summed E-state index contributed by atoms with van der Waals surface area (Å²) in [7, 11) is 0. The van der Waals surface area contributed by atoms with Crippen LogP contribution in [0.25, 0.3) is 0 Å². The third-order valence-corrected chi connectivity index (χ3v) is 10.1. The van der Waals surface area contributed by atoms with Gasteiger partial charge in [-0.1, -0.05) is 32.0 Å². The van der Waals surface area contributed by atoms with Gasteiger partial charge in [0.1, 0.15) is 17.7 Å². The molecule has 1 aromatic rings. The lowest BCUT2D eigenvalue weighted by atomic mass is 9.44. The van der Waals surface area contributed by atoms with Crippen LogP contribution in [-0.4, -0.2) is 23.6 Å². The molecule has 0 saturated heterocycles. The second kappa shape index (κ2) is 7.81. The number of benzene rings is 1. The molecule has 4 nitrogen and oxygen atoms in total. The Hall–Kier alpha value is -1.97. The summed E-state index contributed by atoms with van der Waals surface area (Å²) in [6.45, 7) is 6.27. The third-order valence-electron chi connectivity index (χ3n) is 10.1. The lowest BCUT2D eigenvalue weighted by Gasteiger charge is -2.59. The molecule has 172 valence electrons. The highest BCUT2D eigenvalue weighted by Crippen LogP contribution is 2.66. The van der Waals surface area contributed by atoms with Crippen LogP contribution in [0, 0.1) is 40.4 Å². The number of esters is 1. The van der Waals surface area contributed by atoms with Crippen LogP contribution in [0.1, 0.15) is 82.5 Å². The van der Waals surface area contributed by atoms with E-state index in [9.17, 15) is 14.4 Å². The maximum Gasteiger partial charge on any atom is 0.338 e. The van der Waals surface area contributed by atoms with Gasteiger partial charge in [0.25, 0.3) is 0 Å². The highest BCUT2D eigenvalue weighted by atomic mass is 16.5. The van der Waals surface area contributed by atoms with Crippen molar-refractivity contribution < 1.29 is 19.1 Å². The summed E-state index contributed by atoms with van der Waals surface area (Å²) in [5.41, 5.74) is 0.452. The van der Waals surface area contributed by atoms with Crippen LogP contribution in [0.3, 0.4) is 0 Å². The first kappa shape index (κ1) is 21.9. The van der Waals surface area contributed by atoms with Gasteiger partial charge in [0.2, 0.25) is 0 Å². The van der Waals surface area contributed by atoms with Crippen LogP contribution in [-0.2, 0) is 14.3 Å². The van der Waals surface area contributed by atoms with Crippen LogP contribution < -0.4 is 0 Å². The maximum absolute atomic E-state index is 13.7. The van der Waals surface area contributed by atoms with Gasteiger partial charge in [-0.15, -0.1) is 0 Å². The zero-order valence-electron chi connectivity index (χ0n) is 19.6. The van der Waals surface area contributed by atoms with Gasteiger partial charge in [0, 0.05) is 18.3 Å². The maximum atomic E-state index is 13.7. The van der Waals surface area contributed by atoms with E-state index in [2.05, 4.69) is 13.8 Å². The fourth-order valence-electron chi connectivity index (χ4n) is 8.60. The standard InChI is InChI=1S/C28H36O4/c1-17(29)22-11-12-23-21-10-9-19-15-20(32-26(31)18-7-5-4-6-8-18)13-14-27(19,2)25(21)24(30)16-28(22,23)3/h4-8,19-23,25H,9-16H2,1-3H3/t19-,20-,21+,22+,23-,25-,27+,28-/m1/s1. The van der Waals surface area contributed by atoms with Crippen LogP contribution >= 0.6 is 0 Å². The van der Waals surface area contributed by atoms with Crippen LogP contribution in [0.5, 0.6) is 0 Å². The number of ether oxygens (including phenoxy) is 1. The van der Waals surface area contributed by atoms with Crippen molar-refractivity contribution in [2.75, 3.05) is 0 Å². The number of Topliss-reactive ketones (excluding diaryl/α,β-unsaturated/α-hetero) is 2. The quantitative estimate of drug-likeness (QED) is 0.576. The fourth-order valence-corrected chi connectivity index (χ4v) is 8.60. The number of fused-ring (bicyclic) bond motifs is 5. The predicted octanol–water partition coefficient (Wildman–Crippen LogP) is 5.64. The van der Waals surface area contributed by atoms with Crippen LogP contribution in [0.15, 0.2) is 30.3 Å². The highest BCUT2D eigenvalue weighted by molar-refractivity contribution is 5.89. The Bertz CT molecular complexity index is 923. The van der Waals surface area contributed by atoms with Gasteiger partial charge < -0.3 is 4.74 Å². The topological polar surface area (TPSA) is 60.4 Å². The monoisotopic (exact) mass is 436 g/mol. The molecule has 1 aromatic carbocycles. The molecule has 0 heterocycles. The zero-order valence-corrected chi connectivity index (χ0v) is 19.6. The second-order valence-electron chi connectivity index (χ2n) is 11.6. The third kappa shape index (κ3) is 3.28. The molecular formula is C28H36O4. The van der Waals surface area contributed by atoms with Gasteiger partial charge in [0.15, 0.2) is 0 Å². The minimum Gasteiger partial charge on any atom is -0.459 e. The van der Waals surface area contributed by atoms with Gasteiger partial charge in [-0.3, -0.25) is 9.59 Å². The van der Waals surface area contributed by atoms with E-state index in [0.29, 0.717) is 35.5 Å². The molecule has 4 aliphatic rings. The Kier molecular flexibility index (Phi) is 5.34. The van der Waals surface area contributed by atoms with Crippen molar-refractivity contribution in [2.45, 2.75) is 78.2 Å². The average Bonchev–Trinajstić information content (AvgIpc) is 3.11. The lowest BCUT2D eigenvalue weighted by Crippen LogP contribution is -2.58. The number of hydrogen-bond donors (Lipinski definition) is 0. The molecule has 0 spiro atoms. The Labute approximate surface area is 191 Å². The van der Waals surface area contributed by atoms with Gasteiger partial charge >= 0.3 is 5.97 Å². The van der Waals surface area contributed by atoms with Crippen molar-refractivity contribution >= 4 is 17.5 Å². The molecule has 0 unspecified atom stereocenters. The van der Waals surface area contributed by atoms with E-state index in [4.69, 9.17) is 4.74 Å². The molecule has 0 N–H and O–H groups in total. The minimum absolute atomic E-state index is 0.00864. The smallest absolute Gasteiger partial charge is 0.338 e. The number of carbonyl (C=O) groups is 3. The van der Waals surface area contributed by atoms with E-state index in [1.807, 2.05) is 18.2 Å². The van der Waals surface area contributed by atoms with Crippen molar-refractivity contribution in [1.29, 1.82) is 0 Å². The largest absolute Gasteiger partial charge is 0.459 e. The van der Waals surface area contributed by atoms with Gasteiger partial charge in [0.05, 0.1) is 5.56 Å². The number of carbonyl (C=O) groups excluding carboxylic acids is 3. The van der Waals surface area contributed by atoms with E-state index in [1.54, 1.807) is 19.1 Å². The Morgan fingerprint density at radius 1 is 0.969 bits per heavy atom. The molecule has 5 rings (SSSR count). The van der Waals surface area contributed by atoms with Crippen molar-refractivity contribution in [1.82, 2.24) is 0 Å². The van der Waals surface area contributed by atoms with Crippen molar-refractivity contribution in [3.8, 4) is 0 Å². The summed E-state index contributed by atoms with van der Waals surface area (Å²) in [4.78, 5) is 38.6. The van der Waals surface area contributed by atoms with Crippen LogP contribution in [0.4, 0.5) is 0 Å². The molecule has 0 amide bonds. The minimum atomic E-state index is -0.237. The molecule has 0 bridgehead atoms. The number of rotatable bonds is 3. The van der Waals surface area contributed by atoms with E-state index in [0.717, 1.165) is 44.9 Å². The highest BCUT2D eigenvalue weighted by Gasteiger charge is 2.63. The molecular weight excluding hydrogens is 400 g/mol. The molecule has 4 heteroatoms. The number of hydrogen-bond acceptors (Lipinski definition) is 4. The molecule has 0 aromatic heterocycles. The molecule has 4 aliphatic carbocycles. The van der Waals surface area contributed by atoms with E-state index >= 15 is 0 Å². The van der Waals surface area contributed by atoms with Crippen molar-refractivity contribution in [3.63, 3.8) is 0 Å². The average molecular weight is 437 g/mol. The Morgan fingerprint density at radius 3 is 2.44 bits per heavy atom. The normalized spacial score (nSPS) is 43.0. The summed E-state index contributed by atoms with van der Waals surface area (Å²) >= 11 is 0. The Morgan fingerprint density at radius 2 is 1.72 bits per heavy atom. The molecule has 32 heavy (non-hydrogen) atoms. The van der Waals surface area contributed by atoms with Crippen molar-refractivity contribution in [3.05, 3.63) is 35.9 Å². The molecule has 0 radical (unpaired) electrons. The summed E-state index contributed by atoms with van der Waals surface area (Å²) in [5, 5.41) is 0. The van der Waals surface area contributed by atoms with E-state index < -0.39 is 0 Å². The summed E-state index contributed by atoms with van der Waals surface area (Å²) in [5.74, 6) is 1.91. The van der Waals surface area contributed by atoms with Crippen molar-refractivity contribution in [2.24, 2.45) is 40.4 Å². The molecule has 0 aliphatic heterocycles. The first-order chi connectivity index (χ1) is 15.2. The summed E-state index contributed by atoms with van der Waals surface area (Å²) < 4.78 is 5.90. The first-order valence-electron chi connectivity index (χ1n) is 12.5. The first-order valence-corrected chi connectivity index (χ1v) is 12.5. The molecule has 4 fully saturated rings. The number of ketones is 2. The van der Waals surface area contributed by atoms with Gasteiger partial charge in [-0.05, 0) is 92.6 Å². The summed E-state index contributed by atoms with van der Waals surface area (Å²) in [6, 6.07) is 9.22. The molecule has 8 atom stereocenters. The molecule has 4 saturated carbocycles. The zero-order chi connectivity index (χ0) is 22.7. The summed E-state index contributed by atoms with van der Waals surface area (Å²) in [6.07, 6.45) is 7.36. The lowest BCUT2D eigenvalue weighted by molar-refractivity contribution is -0.162. The second-order valence-corrected chi connectivity index (χ2v) is 11.6. The van der Waals surface area contributed by atoms with E-state index in [-0.39, 0.29) is 40.5 Å². The van der Waals surface area contributed by atoms with Crippen LogP contribution in [0.2, 0.25) is 0 Å².